The molecule has 4 N–H and O–H groups in total. The van der Waals surface area contributed by atoms with Gasteiger partial charge in [-0.25, -0.2) is 4.79 Å². The number of aliphatic hydroxyl groups excluding tert-OH is 1. The van der Waals surface area contributed by atoms with E-state index in [2.05, 4.69) is 17.2 Å². The second-order valence-corrected chi connectivity index (χ2v) is 6.70. The minimum absolute atomic E-state index is 0.104. The first-order chi connectivity index (χ1) is 12.3. The van der Waals surface area contributed by atoms with E-state index in [0.717, 1.165) is 30.6 Å². The minimum Gasteiger partial charge on any atom is -0.478 e. The molecule has 7 nitrogen and oxygen atoms in total. The van der Waals surface area contributed by atoms with Gasteiger partial charge in [0.15, 0.2) is 0 Å². The quantitative estimate of drug-likeness (QED) is 0.206. The van der Waals surface area contributed by atoms with E-state index in [-0.39, 0.29) is 6.61 Å². The maximum Gasteiger partial charge on any atom is 0.339 e. The molecular formula is C19H27N3O4. The Morgan fingerprint density at radius 1 is 1.27 bits per heavy atom. The molecule has 0 radical (unpaired) electrons. The lowest BCUT2D eigenvalue weighted by Crippen LogP contribution is -2.28. The number of nitrogens with zero attached hydrogens (tertiary/aromatic N) is 1. The van der Waals surface area contributed by atoms with Gasteiger partial charge in [0, 0.05) is 42.6 Å². The average Bonchev–Trinajstić information content (AvgIpc) is 3.39. The molecule has 142 valence electrons. The number of anilines is 2. The summed E-state index contributed by atoms with van der Waals surface area (Å²) in [6, 6.07) is 3.91. The largest absolute Gasteiger partial charge is 0.478 e. The molecule has 0 bridgehead atoms. The Kier molecular flexibility index (Phi) is 6.76. The summed E-state index contributed by atoms with van der Waals surface area (Å²) in [7, 11) is 1.92. The number of likely N-dealkylation sites (N-methyl/N-ethyl adjacent to an activating group) is 1. The molecule has 1 aliphatic rings. The van der Waals surface area contributed by atoms with Crippen LogP contribution >= 0.6 is 0 Å². The summed E-state index contributed by atoms with van der Waals surface area (Å²) in [4.78, 5) is 25.7. The van der Waals surface area contributed by atoms with Crippen LogP contribution in [0.25, 0.3) is 0 Å². The molecule has 0 atom stereocenters. The lowest BCUT2D eigenvalue weighted by atomic mass is 9.99. The van der Waals surface area contributed by atoms with Gasteiger partial charge >= 0.3 is 5.97 Å². The van der Waals surface area contributed by atoms with E-state index in [4.69, 9.17) is 10.2 Å². The maximum absolute atomic E-state index is 12.6. The van der Waals surface area contributed by atoms with E-state index in [1.807, 2.05) is 24.9 Å². The van der Waals surface area contributed by atoms with Gasteiger partial charge < -0.3 is 25.7 Å². The van der Waals surface area contributed by atoms with Gasteiger partial charge in [0.05, 0.1) is 6.61 Å². The number of carbonyl (C=O) groups excluding carboxylic acids is 1. The summed E-state index contributed by atoms with van der Waals surface area (Å²) in [5.74, 6) is -1.89. The topological polar surface area (TPSA) is 102 Å². The van der Waals surface area contributed by atoms with Crippen LogP contribution in [0.5, 0.6) is 0 Å². The number of carbonyl (C=O) groups is 2. The van der Waals surface area contributed by atoms with Gasteiger partial charge in [-0.3, -0.25) is 4.79 Å². The number of aryl methyl sites for hydroxylation is 1. The fourth-order valence-corrected chi connectivity index (χ4v) is 2.58. The molecule has 0 aromatic heterocycles. The van der Waals surface area contributed by atoms with Gasteiger partial charge in [-0.1, -0.05) is 6.58 Å². The Hall–Kier alpha value is -2.38. The predicted octanol–water partition coefficient (Wildman–Crippen LogP) is 1.73. The molecular weight excluding hydrogens is 334 g/mol. The second kappa shape index (κ2) is 8.82. The Labute approximate surface area is 153 Å². The lowest BCUT2D eigenvalue weighted by Gasteiger charge is -2.19. The van der Waals surface area contributed by atoms with Crippen molar-refractivity contribution in [1.29, 1.82) is 0 Å². The van der Waals surface area contributed by atoms with Crippen molar-refractivity contribution in [2.45, 2.75) is 25.8 Å². The van der Waals surface area contributed by atoms with Crippen molar-refractivity contribution in [3.63, 3.8) is 0 Å². The number of benzene rings is 1. The van der Waals surface area contributed by atoms with E-state index >= 15 is 0 Å². The number of hydrogen-bond donors (Lipinski definition) is 4. The molecule has 0 saturated heterocycles. The molecule has 1 aliphatic carbocycles. The predicted molar refractivity (Wildman–Crippen MR) is 102 cm³/mol. The summed E-state index contributed by atoms with van der Waals surface area (Å²) in [6.07, 6.45) is 2.09. The number of Topliss-reactive ketones (excluding diaryl/α,β-unsaturated/α-hetero) is 1. The van der Waals surface area contributed by atoms with Gasteiger partial charge in [0.25, 0.3) is 0 Å². The highest BCUT2D eigenvalue weighted by molar-refractivity contribution is 6.25. The molecule has 2 rings (SSSR count). The molecule has 26 heavy (non-hydrogen) atoms. The van der Waals surface area contributed by atoms with Gasteiger partial charge in [0.2, 0.25) is 5.78 Å². The Morgan fingerprint density at radius 2 is 1.96 bits per heavy atom. The highest BCUT2D eigenvalue weighted by Crippen LogP contribution is 2.31. The molecule has 1 aromatic rings. The van der Waals surface area contributed by atoms with Crippen molar-refractivity contribution >= 4 is 23.1 Å². The lowest BCUT2D eigenvalue weighted by molar-refractivity contribution is -0.132. The Balaban J connectivity index is 2.20. The minimum atomic E-state index is -1.31. The number of carboxylic acid groups (broad SMARTS) is 1. The van der Waals surface area contributed by atoms with Crippen LogP contribution in [-0.4, -0.2) is 66.2 Å². The van der Waals surface area contributed by atoms with Crippen LogP contribution in [0.15, 0.2) is 24.3 Å². The summed E-state index contributed by atoms with van der Waals surface area (Å²) < 4.78 is 0. The van der Waals surface area contributed by atoms with Crippen LogP contribution in [0.4, 0.5) is 11.4 Å². The number of carboxylic acids is 1. The van der Waals surface area contributed by atoms with E-state index < -0.39 is 17.3 Å². The normalized spacial score (nSPS) is 13.5. The smallest absolute Gasteiger partial charge is 0.339 e. The third-order valence-electron chi connectivity index (χ3n) is 4.37. The number of nitrogens with one attached hydrogen (secondary N) is 2. The molecule has 1 saturated carbocycles. The Bertz CT molecular complexity index is 698. The number of aliphatic carboxylic acids is 1. The third-order valence-corrected chi connectivity index (χ3v) is 4.37. The van der Waals surface area contributed by atoms with Gasteiger partial charge in [-0.15, -0.1) is 0 Å². The number of rotatable bonds is 11. The van der Waals surface area contributed by atoms with Gasteiger partial charge in [-0.05, 0) is 44.5 Å². The fourth-order valence-electron chi connectivity index (χ4n) is 2.58. The number of hydrogen-bond acceptors (Lipinski definition) is 6. The van der Waals surface area contributed by atoms with Crippen LogP contribution in [0.3, 0.4) is 0 Å². The molecule has 7 heteroatoms. The monoisotopic (exact) mass is 361 g/mol. The van der Waals surface area contributed by atoms with Crippen molar-refractivity contribution in [2.24, 2.45) is 0 Å². The van der Waals surface area contributed by atoms with Gasteiger partial charge in [-0.2, -0.15) is 0 Å². The molecule has 1 fully saturated rings. The van der Waals surface area contributed by atoms with E-state index in [9.17, 15) is 9.59 Å². The molecule has 0 spiro atoms. The number of aliphatic hydroxyl groups is 1. The number of ketones is 1. The van der Waals surface area contributed by atoms with Crippen LogP contribution in [0.2, 0.25) is 0 Å². The maximum atomic E-state index is 12.6. The van der Waals surface area contributed by atoms with Crippen LogP contribution in [0, 0.1) is 6.92 Å². The van der Waals surface area contributed by atoms with Crippen LogP contribution < -0.4 is 10.6 Å². The van der Waals surface area contributed by atoms with E-state index in [1.165, 1.54) is 0 Å². The van der Waals surface area contributed by atoms with E-state index in [0.29, 0.717) is 30.4 Å². The molecule has 1 aromatic carbocycles. The third kappa shape index (κ3) is 5.31. The molecule has 0 amide bonds. The summed E-state index contributed by atoms with van der Waals surface area (Å²) >= 11 is 0. The summed E-state index contributed by atoms with van der Waals surface area (Å²) in [6.45, 7) is 7.40. The first-order valence-corrected chi connectivity index (χ1v) is 8.74. The molecule has 0 aliphatic heterocycles. The van der Waals surface area contributed by atoms with Crippen molar-refractivity contribution in [2.75, 3.05) is 43.9 Å². The zero-order valence-electron chi connectivity index (χ0n) is 15.3. The standard InChI is InChI=1S/C19H27N3O4/c1-12-10-17(21-14-4-5-14)15(18(24)13(2)19(25)26)11-16(12)20-6-7-22(3)8-9-23/h10-11,14,20-21,23H,2,4-9H2,1,3H3,(H,25,26). The fraction of sp³-hybridized carbons (Fsp3) is 0.474. The highest BCUT2D eigenvalue weighted by Gasteiger charge is 2.26. The van der Waals surface area contributed by atoms with Crippen LogP contribution in [-0.2, 0) is 4.79 Å². The van der Waals surface area contributed by atoms with Crippen molar-refractivity contribution in [3.8, 4) is 0 Å². The summed E-state index contributed by atoms with van der Waals surface area (Å²) in [5, 5.41) is 24.6. The zero-order chi connectivity index (χ0) is 19.3. The van der Waals surface area contributed by atoms with Crippen LogP contribution in [0.1, 0.15) is 28.8 Å². The van der Waals surface area contributed by atoms with Crippen molar-refractivity contribution in [1.82, 2.24) is 4.90 Å². The molecule has 0 unspecified atom stereocenters. The summed E-state index contributed by atoms with van der Waals surface area (Å²) in [5.41, 5.74) is 2.28. The Morgan fingerprint density at radius 3 is 2.54 bits per heavy atom. The van der Waals surface area contributed by atoms with Crippen molar-refractivity contribution < 1.29 is 19.8 Å². The zero-order valence-corrected chi connectivity index (χ0v) is 15.3. The molecule has 0 heterocycles. The SMILES string of the molecule is C=C(C(=O)O)C(=O)c1cc(NCCN(C)CCO)c(C)cc1NC1CC1. The van der Waals surface area contributed by atoms with E-state index in [1.54, 1.807) is 6.07 Å². The second-order valence-electron chi connectivity index (χ2n) is 6.70. The average molecular weight is 361 g/mol. The van der Waals surface area contributed by atoms with Gasteiger partial charge in [0.1, 0.15) is 5.57 Å². The first-order valence-electron chi connectivity index (χ1n) is 8.74. The first kappa shape index (κ1) is 19.9. The van der Waals surface area contributed by atoms with Crippen molar-refractivity contribution in [3.05, 3.63) is 35.4 Å². The highest BCUT2D eigenvalue weighted by atomic mass is 16.4.